The van der Waals surface area contributed by atoms with Gasteiger partial charge in [-0.25, -0.2) is 0 Å². The van der Waals surface area contributed by atoms with Crippen LogP contribution in [0.2, 0.25) is 0 Å². The average Bonchev–Trinajstić information content (AvgIpc) is 4.05. The molecule has 0 aliphatic heterocycles. The topological polar surface area (TPSA) is 9.86 Å². The summed E-state index contributed by atoms with van der Waals surface area (Å²) in [4.78, 5) is 0. The zero-order chi connectivity index (χ0) is 46.6. The van der Waals surface area contributed by atoms with Gasteiger partial charge in [-0.2, -0.15) is 0 Å². The zero-order valence-corrected chi connectivity index (χ0v) is 40.7. The molecule has 0 N–H and O–H groups in total. The molecule has 0 unspecified atom stereocenters. The minimum absolute atomic E-state index is 0.0679. The van der Waals surface area contributed by atoms with E-state index in [4.69, 9.17) is 0 Å². The van der Waals surface area contributed by atoms with Gasteiger partial charge in [0.15, 0.2) is 0 Å². The second-order valence-electron chi connectivity index (χ2n) is 19.8. The molecule has 2 heterocycles. The Balaban J connectivity index is 0.000000247. The Hall–Kier alpha value is -7.72. The van der Waals surface area contributed by atoms with Crippen LogP contribution >= 0.6 is 15.9 Å². The maximum atomic E-state index is 3.56. The molecule has 0 saturated carbocycles. The first-order chi connectivity index (χ1) is 33.6. The number of halogens is 1. The molecule has 0 atom stereocenters. The second-order valence-corrected chi connectivity index (χ2v) is 20.8. The summed E-state index contributed by atoms with van der Waals surface area (Å²) in [5.41, 5.74) is 23.2. The second kappa shape index (κ2) is 15.7. The molecule has 330 valence electrons. The van der Waals surface area contributed by atoms with Crippen LogP contribution in [0.15, 0.2) is 229 Å². The molecule has 0 amide bonds. The van der Waals surface area contributed by atoms with Gasteiger partial charge in [0.1, 0.15) is 0 Å². The molecule has 0 fully saturated rings. The van der Waals surface area contributed by atoms with Crippen molar-refractivity contribution in [1.82, 2.24) is 9.13 Å². The number of hydrogen-bond donors (Lipinski definition) is 0. The van der Waals surface area contributed by atoms with Crippen molar-refractivity contribution >= 4 is 59.5 Å². The molecule has 69 heavy (non-hydrogen) atoms. The summed E-state index contributed by atoms with van der Waals surface area (Å²) in [5.74, 6) is 0. The number of fused-ring (bicyclic) bond motifs is 12. The molecule has 2 aromatic heterocycles. The van der Waals surface area contributed by atoms with E-state index in [0.717, 1.165) is 10.2 Å². The molecular formula is C66H49BrN2. The maximum Gasteiger partial charge on any atom is 0.0547 e. The maximum absolute atomic E-state index is 3.56. The zero-order valence-electron chi connectivity index (χ0n) is 39.1. The van der Waals surface area contributed by atoms with Crippen molar-refractivity contribution in [3.8, 4) is 55.9 Å². The van der Waals surface area contributed by atoms with Gasteiger partial charge in [-0.3, -0.25) is 0 Å². The quantitative estimate of drug-likeness (QED) is 0.166. The van der Waals surface area contributed by atoms with Gasteiger partial charge in [0.25, 0.3) is 0 Å². The van der Waals surface area contributed by atoms with Crippen molar-refractivity contribution < 1.29 is 0 Å². The highest BCUT2D eigenvalue weighted by Gasteiger charge is 2.36. The van der Waals surface area contributed by atoms with Crippen LogP contribution in [-0.4, -0.2) is 9.13 Å². The van der Waals surface area contributed by atoms with Crippen LogP contribution in [0.25, 0.3) is 99.5 Å². The molecule has 0 bridgehead atoms. The third-order valence-electron chi connectivity index (χ3n) is 15.3. The summed E-state index contributed by atoms with van der Waals surface area (Å²) in [6.45, 7) is 9.31. The van der Waals surface area contributed by atoms with Gasteiger partial charge < -0.3 is 9.13 Å². The van der Waals surface area contributed by atoms with Crippen molar-refractivity contribution in [1.29, 1.82) is 0 Å². The first-order valence-electron chi connectivity index (χ1n) is 24.0. The molecule has 0 spiro atoms. The van der Waals surface area contributed by atoms with Crippen LogP contribution in [-0.2, 0) is 10.8 Å². The molecule has 2 aliphatic rings. The van der Waals surface area contributed by atoms with Crippen molar-refractivity contribution in [2.24, 2.45) is 0 Å². The summed E-state index contributed by atoms with van der Waals surface area (Å²) >= 11 is 3.56. The Morgan fingerprint density at radius 1 is 0.290 bits per heavy atom. The number of rotatable bonds is 4. The Kier molecular flexibility index (Phi) is 9.42. The number of nitrogens with zero attached hydrogens (tertiary/aromatic N) is 2. The third kappa shape index (κ3) is 6.44. The summed E-state index contributed by atoms with van der Waals surface area (Å²) in [6, 6.07) is 82.4. The smallest absolute Gasteiger partial charge is 0.0547 e. The predicted octanol–water partition coefficient (Wildman–Crippen LogP) is 18.3. The Labute approximate surface area is 411 Å². The molecule has 0 radical (unpaired) electrons. The van der Waals surface area contributed by atoms with Crippen molar-refractivity contribution in [3.63, 3.8) is 0 Å². The van der Waals surface area contributed by atoms with Gasteiger partial charge in [0, 0.05) is 48.2 Å². The van der Waals surface area contributed by atoms with Gasteiger partial charge in [-0.1, -0.05) is 207 Å². The SMILES string of the molecule is CC1(C)c2ccccc2-c2ccc(-n3c4ccccc4c4ccc(-c5ccc6c7ccccc7n(-c7ccc(-c8ccccc8)cc7)c6c5)cc43)cc21.CC1(C)c2ccccc2-c2ccc(Br)cc21. The summed E-state index contributed by atoms with van der Waals surface area (Å²) in [6.07, 6.45) is 0. The molecule has 3 heteroatoms. The van der Waals surface area contributed by atoms with E-state index in [2.05, 4.69) is 277 Å². The molecule has 14 rings (SSSR count). The number of benzene rings is 10. The summed E-state index contributed by atoms with van der Waals surface area (Å²) in [5, 5.41) is 5.06. The first kappa shape index (κ1) is 41.5. The average molecular weight is 950 g/mol. The fourth-order valence-corrected chi connectivity index (χ4v) is 12.2. The van der Waals surface area contributed by atoms with Gasteiger partial charge in [-0.15, -0.1) is 0 Å². The third-order valence-corrected chi connectivity index (χ3v) is 15.8. The van der Waals surface area contributed by atoms with Gasteiger partial charge in [-0.05, 0) is 127 Å². The molecular weight excluding hydrogens is 901 g/mol. The van der Waals surface area contributed by atoms with E-state index in [1.807, 2.05) is 0 Å². The number of para-hydroxylation sites is 2. The van der Waals surface area contributed by atoms with Crippen LogP contribution in [0.3, 0.4) is 0 Å². The minimum Gasteiger partial charge on any atom is -0.309 e. The lowest BCUT2D eigenvalue weighted by Crippen LogP contribution is -2.15. The monoisotopic (exact) mass is 948 g/mol. The Morgan fingerprint density at radius 3 is 1.28 bits per heavy atom. The minimum atomic E-state index is -0.0679. The van der Waals surface area contributed by atoms with E-state index < -0.39 is 0 Å². The molecule has 10 aromatic carbocycles. The van der Waals surface area contributed by atoms with E-state index in [9.17, 15) is 0 Å². The normalized spacial score (nSPS) is 13.8. The summed E-state index contributed by atoms with van der Waals surface area (Å²) < 4.78 is 6.05. The van der Waals surface area contributed by atoms with Crippen LogP contribution in [0.5, 0.6) is 0 Å². The fraction of sp³-hybridized carbons (Fsp3) is 0.0909. The molecule has 0 saturated heterocycles. The van der Waals surface area contributed by atoms with Crippen molar-refractivity contribution in [3.05, 3.63) is 251 Å². The van der Waals surface area contributed by atoms with Gasteiger partial charge in [0.2, 0.25) is 0 Å². The Morgan fingerprint density at radius 2 is 0.696 bits per heavy atom. The van der Waals surface area contributed by atoms with Gasteiger partial charge in [0.05, 0.1) is 22.1 Å². The summed E-state index contributed by atoms with van der Waals surface area (Å²) in [7, 11) is 0. The van der Waals surface area contributed by atoms with E-state index in [0.29, 0.717) is 0 Å². The van der Waals surface area contributed by atoms with Gasteiger partial charge >= 0.3 is 0 Å². The van der Waals surface area contributed by atoms with Crippen molar-refractivity contribution in [2.75, 3.05) is 0 Å². The lowest BCUT2D eigenvalue weighted by atomic mass is 9.82. The van der Waals surface area contributed by atoms with Crippen LogP contribution < -0.4 is 0 Å². The van der Waals surface area contributed by atoms with Crippen LogP contribution in [0.4, 0.5) is 0 Å². The largest absolute Gasteiger partial charge is 0.309 e. The number of hydrogen-bond acceptors (Lipinski definition) is 0. The first-order valence-corrected chi connectivity index (χ1v) is 24.8. The fourth-order valence-electron chi connectivity index (χ4n) is 11.8. The van der Waals surface area contributed by atoms with Crippen LogP contribution in [0.1, 0.15) is 49.9 Å². The standard InChI is InChI=1S/C51H36N2.C15H13Br/c1-51(2)45-17-9-6-14-39(45)40-29-26-38(32-46(40)51)53-48-19-11-8-16-42(48)44-28-23-36(31-50(44)53)35-22-27-43-41-15-7-10-18-47(41)52(49(43)30-35)37-24-20-34(21-25-37)33-12-4-3-5-13-33;1-15(2)13-6-4-3-5-11(13)12-8-7-10(16)9-14(12)15/h3-32H,1-2H3;3-9H,1-2H3. The van der Waals surface area contributed by atoms with E-state index in [1.165, 1.54) is 116 Å². The number of aromatic nitrogens is 2. The highest BCUT2D eigenvalue weighted by atomic mass is 79.9. The highest BCUT2D eigenvalue weighted by molar-refractivity contribution is 9.10. The lowest BCUT2D eigenvalue weighted by Gasteiger charge is -2.22. The van der Waals surface area contributed by atoms with E-state index in [-0.39, 0.29) is 10.8 Å². The lowest BCUT2D eigenvalue weighted by molar-refractivity contribution is 0.660. The molecule has 2 aliphatic carbocycles. The molecule has 12 aromatic rings. The van der Waals surface area contributed by atoms with E-state index >= 15 is 0 Å². The Bertz CT molecular complexity index is 4010. The molecule has 2 nitrogen and oxygen atoms in total. The highest BCUT2D eigenvalue weighted by Crippen LogP contribution is 2.51. The van der Waals surface area contributed by atoms with Crippen molar-refractivity contribution in [2.45, 2.75) is 38.5 Å². The van der Waals surface area contributed by atoms with E-state index in [1.54, 1.807) is 0 Å². The predicted molar refractivity (Wildman–Crippen MR) is 295 cm³/mol. The van der Waals surface area contributed by atoms with Crippen LogP contribution in [0, 0.1) is 0 Å².